The molecular formula is C14H18F2N4. The molecule has 1 aromatic heterocycles. The third-order valence-corrected chi connectivity index (χ3v) is 3.30. The van der Waals surface area contributed by atoms with Crippen LogP contribution in [0.3, 0.4) is 0 Å². The van der Waals surface area contributed by atoms with Crippen LogP contribution in [-0.4, -0.2) is 15.6 Å². The summed E-state index contributed by atoms with van der Waals surface area (Å²) in [5.41, 5.74) is 2.95. The SMILES string of the molecule is CCn1ccnc1CC(Cc1cccc(F)c1F)NN. The average molecular weight is 280 g/mol. The van der Waals surface area contributed by atoms with E-state index in [0.29, 0.717) is 18.4 Å². The highest BCUT2D eigenvalue weighted by Gasteiger charge is 2.16. The Morgan fingerprint density at radius 3 is 2.85 bits per heavy atom. The zero-order valence-electron chi connectivity index (χ0n) is 11.3. The van der Waals surface area contributed by atoms with Crippen LogP contribution in [-0.2, 0) is 19.4 Å². The van der Waals surface area contributed by atoms with Crippen LogP contribution in [0.1, 0.15) is 18.3 Å². The topological polar surface area (TPSA) is 55.9 Å². The minimum absolute atomic E-state index is 0.209. The molecule has 0 aliphatic carbocycles. The molecule has 2 aromatic rings. The maximum Gasteiger partial charge on any atom is 0.162 e. The zero-order chi connectivity index (χ0) is 14.5. The van der Waals surface area contributed by atoms with Gasteiger partial charge in [-0.3, -0.25) is 11.3 Å². The highest BCUT2D eigenvalue weighted by Crippen LogP contribution is 2.14. The van der Waals surface area contributed by atoms with Gasteiger partial charge in [0.1, 0.15) is 5.82 Å². The van der Waals surface area contributed by atoms with Gasteiger partial charge in [-0.05, 0) is 25.0 Å². The van der Waals surface area contributed by atoms with E-state index in [9.17, 15) is 8.78 Å². The van der Waals surface area contributed by atoms with E-state index in [1.54, 1.807) is 12.3 Å². The predicted octanol–water partition coefficient (Wildman–Crippen LogP) is 1.80. The molecule has 0 spiro atoms. The summed E-state index contributed by atoms with van der Waals surface area (Å²) in [5, 5.41) is 0. The number of aromatic nitrogens is 2. The van der Waals surface area contributed by atoms with Gasteiger partial charge in [0, 0.05) is 31.4 Å². The summed E-state index contributed by atoms with van der Waals surface area (Å²) in [5.74, 6) is 4.73. The van der Waals surface area contributed by atoms with Crippen LogP contribution in [0.15, 0.2) is 30.6 Å². The van der Waals surface area contributed by atoms with Crippen LogP contribution in [0, 0.1) is 11.6 Å². The van der Waals surface area contributed by atoms with Crippen molar-refractivity contribution in [2.75, 3.05) is 0 Å². The third-order valence-electron chi connectivity index (χ3n) is 3.30. The first kappa shape index (κ1) is 14.6. The van der Waals surface area contributed by atoms with Crippen LogP contribution in [0.2, 0.25) is 0 Å². The average Bonchev–Trinajstić information content (AvgIpc) is 2.90. The van der Waals surface area contributed by atoms with E-state index in [1.807, 2.05) is 17.7 Å². The Morgan fingerprint density at radius 2 is 2.15 bits per heavy atom. The molecule has 0 bridgehead atoms. The van der Waals surface area contributed by atoms with Crippen LogP contribution in [0.4, 0.5) is 8.78 Å². The van der Waals surface area contributed by atoms with Crippen molar-refractivity contribution in [3.05, 3.63) is 53.6 Å². The summed E-state index contributed by atoms with van der Waals surface area (Å²) in [6.07, 6.45) is 4.45. The Kier molecular flexibility index (Phi) is 4.81. The molecule has 20 heavy (non-hydrogen) atoms. The van der Waals surface area contributed by atoms with Crippen molar-refractivity contribution in [2.24, 2.45) is 5.84 Å². The second-order valence-corrected chi connectivity index (χ2v) is 4.61. The fraction of sp³-hybridized carbons (Fsp3) is 0.357. The number of hydrogen-bond acceptors (Lipinski definition) is 3. The largest absolute Gasteiger partial charge is 0.335 e. The first-order valence-corrected chi connectivity index (χ1v) is 6.54. The highest BCUT2D eigenvalue weighted by molar-refractivity contribution is 5.20. The lowest BCUT2D eigenvalue weighted by molar-refractivity contribution is 0.466. The minimum atomic E-state index is -0.840. The fourth-order valence-electron chi connectivity index (χ4n) is 2.20. The lowest BCUT2D eigenvalue weighted by atomic mass is 10.0. The van der Waals surface area contributed by atoms with Crippen molar-refractivity contribution >= 4 is 0 Å². The smallest absolute Gasteiger partial charge is 0.162 e. The second-order valence-electron chi connectivity index (χ2n) is 4.61. The van der Waals surface area contributed by atoms with Crippen LogP contribution >= 0.6 is 0 Å². The van der Waals surface area contributed by atoms with Gasteiger partial charge in [0.2, 0.25) is 0 Å². The Labute approximate surface area is 116 Å². The Morgan fingerprint density at radius 1 is 1.35 bits per heavy atom. The molecular weight excluding hydrogens is 262 g/mol. The number of hydrogen-bond donors (Lipinski definition) is 2. The summed E-state index contributed by atoms with van der Waals surface area (Å²) >= 11 is 0. The van der Waals surface area contributed by atoms with Gasteiger partial charge in [0.25, 0.3) is 0 Å². The van der Waals surface area contributed by atoms with Crippen LogP contribution in [0.25, 0.3) is 0 Å². The van der Waals surface area contributed by atoms with E-state index < -0.39 is 11.6 Å². The number of halogens is 2. The van der Waals surface area contributed by atoms with E-state index in [0.717, 1.165) is 18.4 Å². The monoisotopic (exact) mass is 280 g/mol. The van der Waals surface area contributed by atoms with Gasteiger partial charge in [0.05, 0.1) is 0 Å². The Hall–Kier alpha value is -1.79. The lowest BCUT2D eigenvalue weighted by Crippen LogP contribution is -2.39. The molecule has 0 aliphatic heterocycles. The number of nitrogens with two attached hydrogens (primary N) is 1. The predicted molar refractivity (Wildman–Crippen MR) is 72.8 cm³/mol. The van der Waals surface area contributed by atoms with Crippen LogP contribution in [0.5, 0.6) is 0 Å². The quantitative estimate of drug-likeness (QED) is 0.626. The normalized spacial score (nSPS) is 12.6. The van der Waals surface area contributed by atoms with Crippen molar-refractivity contribution < 1.29 is 8.78 Å². The highest BCUT2D eigenvalue weighted by atomic mass is 19.2. The molecule has 1 atom stereocenters. The third kappa shape index (κ3) is 3.20. The van der Waals surface area contributed by atoms with E-state index in [-0.39, 0.29) is 6.04 Å². The number of imidazole rings is 1. The van der Waals surface area contributed by atoms with Crippen molar-refractivity contribution in [1.29, 1.82) is 0 Å². The maximum atomic E-state index is 13.7. The molecule has 0 fully saturated rings. The summed E-state index contributed by atoms with van der Waals surface area (Å²) in [7, 11) is 0. The van der Waals surface area contributed by atoms with E-state index in [1.165, 1.54) is 6.07 Å². The molecule has 1 aromatic carbocycles. The van der Waals surface area contributed by atoms with Crippen LogP contribution < -0.4 is 11.3 Å². The summed E-state index contributed by atoms with van der Waals surface area (Å²) in [4.78, 5) is 4.26. The molecule has 108 valence electrons. The lowest BCUT2D eigenvalue weighted by Gasteiger charge is -2.16. The van der Waals surface area contributed by atoms with Gasteiger partial charge < -0.3 is 4.57 Å². The van der Waals surface area contributed by atoms with E-state index in [4.69, 9.17) is 5.84 Å². The van der Waals surface area contributed by atoms with Gasteiger partial charge in [-0.25, -0.2) is 13.8 Å². The van der Waals surface area contributed by atoms with Gasteiger partial charge >= 0.3 is 0 Å². The van der Waals surface area contributed by atoms with Gasteiger partial charge in [-0.15, -0.1) is 0 Å². The first-order chi connectivity index (χ1) is 9.65. The van der Waals surface area contributed by atoms with Gasteiger partial charge in [-0.2, -0.15) is 0 Å². The molecule has 0 amide bonds. The number of rotatable bonds is 6. The summed E-state index contributed by atoms with van der Waals surface area (Å²) in [6, 6.07) is 3.95. The Balaban J connectivity index is 2.11. The van der Waals surface area contributed by atoms with Crippen molar-refractivity contribution in [1.82, 2.24) is 15.0 Å². The summed E-state index contributed by atoms with van der Waals surface area (Å²) < 4.78 is 28.8. The standard InChI is InChI=1S/C14H18F2N4/c1-2-20-7-6-18-13(20)9-11(19-17)8-10-4-3-5-12(15)14(10)16/h3-7,11,19H,2,8-9,17H2,1H3. The molecule has 1 unspecified atom stereocenters. The molecule has 0 aliphatic rings. The number of benzene rings is 1. The number of nitrogens with one attached hydrogen (secondary N) is 1. The molecule has 0 radical (unpaired) electrons. The number of aryl methyl sites for hydroxylation is 1. The maximum absolute atomic E-state index is 13.7. The fourth-order valence-corrected chi connectivity index (χ4v) is 2.20. The van der Waals surface area contributed by atoms with E-state index >= 15 is 0 Å². The van der Waals surface area contributed by atoms with Crippen molar-refractivity contribution in [2.45, 2.75) is 32.4 Å². The zero-order valence-corrected chi connectivity index (χ0v) is 11.3. The molecule has 0 saturated heterocycles. The molecule has 1 heterocycles. The molecule has 0 saturated carbocycles. The molecule has 2 rings (SSSR count). The number of nitrogens with zero attached hydrogens (tertiary/aromatic N) is 2. The summed E-state index contributed by atoms with van der Waals surface area (Å²) in [6.45, 7) is 2.82. The van der Waals surface area contributed by atoms with Gasteiger partial charge in [-0.1, -0.05) is 12.1 Å². The molecule has 3 N–H and O–H groups in total. The number of hydrazine groups is 1. The van der Waals surface area contributed by atoms with Crippen molar-refractivity contribution in [3.8, 4) is 0 Å². The molecule has 4 nitrogen and oxygen atoms in total. The molecule has 6 heteroatoms. The minimum Gasteiger partial charge on any atom is -0.335 e. The Bertz CT molecular complexity index is 568. The van der Waals surface area contributed by atoms with E-state index in [2.05, 4.69) is 10.4 Å². The van der Waals surface area contributed by atoms with Crippen molar-refractivity contribution in [3.63, 3.8) is 0 Å². The van der Waals surface area contributed by atoms with Gasteiger partial charge in [0.15, 0.2) is 11.6 Å². The second kappa shape index (κ2) is 6.58. The first-order valence-electron chi connectivity index (χ1n) is 6.54.